The first kappa shape index (κ1) is 13.9. The number of oxazole rings is 1. The van der Waals surface area contributed by atoms with E-state index in [2.05, 4.69) is 17.2 Å². The molecule has 1 heterocycles. The summed E-state index contributed by atoms with van der Waals surface area (Å²) in [5.74, 6) is 0.356. The second-order valence-corrected chi connectivity index (χ2v) is 5.42. The Labute approximate surface area is 117 Å². The molecule has 1 atom stereocenters. The molecule has 0 fully saturated rings. The Hall–Kier alpha value is -1.49. The van der Waals surface area contributed by atoms with E-state index < -0.39 is 0 Å². The number of rotatable bonds is 6. The van der Waals surface area contributed by atoms with Gasteiger partial charge in [0, 0.05) is 6.04 Å². The fourth-order valence-electron chi connectivity index (χ4n) is 1.86. The van der Waals surface area contributed by atoms with Crippen molar-refractivity contribution in [3.8, 4) is 0 Å². The Morgan fingerprint density at radius 2 is 2.26 bits per heavy atom. The van der Waals surface area contributed by atoms with Gasteiger partial charge in [0.1, 0.15) is 5.52 Å². The number of thioether (sulfide) groups is 1. The molecule has 0 radical (unpaired) electrons. The van der Waals surface area contributed by atoms with Crippen molar-refractivity contribution in [2.75, 3.05) is 5.75 Å². The quantitative estimate of drug-likeness (QED) is 0.824. The van der Waals surface area contributed by atoms with Crippen molar-refractivity contribution in [2.24, 2.45) is 0 Å². The average molecular weight is 278 g/mol. The first-order valence-corrected chi connectivity index (χ1v) is 7.45. The van der Waals surface area contributed by atoms with Crippen molar-refractivity contribution in [3.63, 3.8) is 0 Å². The predicted molar refractivity (Wildman–Crippen MR) is 77.2 cm³/mol. The molecule has 0 unspecified atom stereocenters. The molecule has 0 bridgehead atoms. The van der Waals surface area contributed by atoms with Crippen LogP contribution in [0.5, 0.6) is 0 Å². The summed E-state index contributed by atoms with van der Waals surface area (Å²) >= 11 is 1.32. The zero-order valence-electron chi connectivity index (χ0n) is 11.2. The van der Waals surface area contributed by atoms with Crippen molar-refractivity contribution < 1.29 is 9.21 Å². The highest BCUT2D eigenvalue weighted by Crippen LogP contribution is 2.22. The van der Waals surface area contributed by atoms with Crippen molar-refractivity contribution >= 4 is 28.8 Å². The van der Waals surface area contributed by atoms with Gasteiger partial charge in [-0.3, -0.25) is 4.79 Å². The van der Waals surface area contributed by atoms with Crippen LogP contribution >= 0.6 is 11.8 Å². The molecule has 0 saturated carbocycles. The van der Waals surface area contributed by atoms with Crippen LogP contribution in [0.3, 0.4) is 0 Å². The lowest BCUT2D eigenvalue weighted by Gasteiger charge is -2.11. The van der Waals surface area contributed by atoms with Crippen LogP contribution in [0.1, 0.15) is 26.7 Å². The molecule has 1 N–H and O–H groups in total. The topological polar surface area (TPSA) is 55.1 Å². The molecule has 5 heteroatoms. The third-order valence-corrected chi connectivity index (χ3v) is 3.56. The van der Waals surface area contributed by atoms with Crippen molar-refractivity contribution in [1.82, 2.24) is 10.3 Å². The molecular formula is C14H18N2O2S. The molecule has 102 valence electrons. The van der Waals surface area contributed by atoms with E-state index in [0.717, 1.165) is 23.9 Å². The Kier molecular flexibility index (Phi) is 4.85. The van der Waals surface area contributed by atoms with Crippen LogP contribution in [0, 0.1) is 0 Å². The monoisotopic (exact) mass is 278 g/mol. The smallest absolute Gasteiger partial charge is 0.257 e. The summed E-state index contributed by atoms with van der Waals surface area (Å²) in [5, 5.41) is 3.50. The van der Waals surface area contributed by atoms with Crippen LogP contribution in [0.25, 0.3) is 11.1 Å². The molecule has 4 nitrogen and oxygen atoms in total. The Balaban J connectivity index is 1.86. The number of hydrogen-bond acceptors (Lipinski definition) is 4. The van der Waals surface area contributed by atoms with Gasteiger partial charge < -0.3 is 9.73 Å². The van der Waals surface area contributed by atoms with Crippen LogP contribution in [0.2, 0.25) is 0 Å². The lowest BCUT2D eigenvalue weighted by molar-refractivity contribution is -0.119. The minimum absolute atomic E-state index is 0.0215. The van der Waals surface area contributed by atoms with Gasteiger partial charge in [-0.2, -0.15) is 0 Å². The molecule has 2 rings (SSSR count). The van der Waals surface area contributed by atoms with Crippen LogP contribution < -0.4 is 5.32 Å². The third kappa shape index (κ3) is 3.99. The van der Waals surface area contributed by atoms with Gasteiger partial charge in [0.05, 0.1) is 5.75 Å². The van der Waals surface area contributed by atoms with Crippen molar-refractivity contribution in [3.05, 3.63) is 24.3 Å². The maximum Gasteiger partial charge on any atom is 0.257 e. The number of nitrogens with one attached hydrogen (secondary N) is 1. The Bertz CT molecular complexity index is 520. The van der Waals surface area contributed by atoms with Crippen molar-refractivity contribution in [1.29, 1.82) is 0 Å². The second-order valence-electron chi connectivity index (χ2n) is 4.49. The summed E-state index contributed by atoms with van der Waals surface area (Å²) in [5.41, 5.74) is 1.58. The molecule has 1 aromatic heterocycles. The summed E-state index contributed by atoms with van der Waals surface area (Å²) in [4.78, 5) is 16.0. The SMILES string of the molecule is CCC[C@@H](C)NC(=O)CSc1nc2ccccc2o1. The van der Waals surface area contributed by atoms with Crippen LogP contribution in [-0.2, 0) is 4.79 Å². The Morgan fingerprint density at radius 3 is 3.00 bits per heavy atom. The number of amides is 1. The van der Waals surface area contributed by atoms with E-state index in [1.807, 2.05) is 31.2 Å². The lowest BCUT2D eigenvalue weighted by atomic mass is 10.2. The number of hydrogen-bond donors (Lipinski definition) is 1. The normalized spacial score (nSPS) is 12.5. The van der Waals surface area contributed by atoms with Gasteiger partial charge in [0.2, 0.25) is 5.91 Å². The number of para-hydroxylation sites is 2. The predicted octanol–water partition coefficient (Wildman–Crippen LogP) is 3.22. The summed E-state index contributed by atoms with van der Waals surface area (Å²) in [6.07, 6.45) is 2.07. The third-order valence-electron chi connectivity index (χ3n) is 2.73. The number of carbonyl (C=O) groups is 1. The van der Waals surface area contributed by atoms with Crippen LogP contribution in [-0.4, -0.2) is 22.7 Å². The molecule has 0 aliphatic heterocycles. The second kappa shape index (κ2) is 6.61. The highest BCUT2D eigenvalue weighted by molar-refractivity contribution is 7.99. The van der Waals surface area contributed by atoms with Crippen molar-refractivity contribution in [2.45, 2.75) is 38.0 Å². The standard InChI is InChI=1S/C14H18N2O2S/c1-3-6-10(2)15-13(17)9-19-14-16-11-7-4-5-8-12(11)18-14/h4-5,7-8,10H,3,6,9H2,1-2H3,(H,15,17)/t10-/m1/s1. The molecule has 1 aromatic carbocycles. The highest BCUT2D eigenvalue weighted by atomic mass is 32.2. The largest absolute Gasteiger partial charge is 0.431 e. The number of aromatic nitrogens is 1. The van der Waals surface area contributed by atoms with Gasteiger partial charge >= 0.3 is 0 Å². The number of benzene rings is 1. The van der Waals surface area contributed by atoms with E-state index in [1.54, 1.807) is 0 Å². The fraction of sp³-hybridized carbons (Fsp3) is 0.429. The number of carbonyl (C=O) groups excluding carboxylic acids is 1. The molecular weight excluding hydrogens is 260 g/mol. The maximum atomic E-state index is 11.7. The lowest BCUT2D eigenvalue weighted by Crippen LogP contribution is -2.33. The summed E-state index contributed by atoms with van der Waals surface area (Å²) in [7, 11) is 0. The molecule has 2 aromatic rings. The van der Waals surface area contributed by atoms with E-state index in [9.17, 15) is 4.79 Å². The van der Waals surface area contributed by atoms with E-state index >= 15 is 0 Å². The van der Waals surface area contributed by atoms with Gasteiger partial charge in [0.25, 0.3) is 5.22 Å². The van der Waals surface area contributed by atoms with E-state index in [1.165, 1.54) is 11.8 Å². The highest BCUT2D eigenvalue weighted by Gasteiger charge is 2.10. The fourth-order valence-corrected chi connectivity index (χ4v) is 2.51. The molecule has 1 amide bonds. The molecule has 0 aliphatic carbocycles. The van der Waals surface area contributed by atoms with Crippen LogP contribution in [0.4, 0.5) is 0 Å². The molecule has 0 spiro atoms. The van der Waals surface area contributed by atoms with Gasteiger partial charge in [-0.05, 0) is 25.5 Å². The maximum absolute atomic E-state index is 11.7. The minimum Gasteiger partial charge on any atom is -0.431 e. The zero-order chi connectivity index (χ0) is 13.7. The van der Waals surface area contributed by atoms with E-state index in [-0.39, 0.29) is 11.9 Å². The summed E-state index contributed by atoms with van der Waals surface area (Å²) in [6, 6.07) is 7.81. The first-order chi connectivity index (χ1) is 9.19. The van der Waals surface area contributed by atoms with Gasteiger partial charge in [-0.1, -0.05) is 37.2 Å². The first-order valence-electron chi connectivity index (χ1n) is 6.46. The van der Waals surface area contributed by atoms with Gasteiger partial charge in [-0.25, -0.2) is 4.98 Å². The Morgan fingerprint density at radius 1 is 1.47 bits per heavy atom. The number of fused-ring (bicyclic) bond motifs is 1. The number of nitrogens with zero attached hydrogens (tertiary/aromatic N) is 1. The minimum atomic E-state index is 0.0215. The van der Waals surface area contributed by atoms with E-state index in [0.29, 0.717) is 11.0 Å². The molecule has 0 saturated heterocycles. The average Bonchev–Trinajstić information content (AvgIpc) is 2.79. The van der Waals surface area contributed by atoms with Gasteiger partial charge in [0.15, 0.2) is 5.58 Å². The summed E-state index contributed by atoms with van der Waals surface area (Å²) in [6.45, 7) is 4.13. The van der Waals surface area contributed by atoms with Gasteiger partial charge in [-0.15, -0.1) is 0 Å². The summed E-state index contributed by atoms with van der Waals surface area (Å²) < 4.78 is 5.54. The van der Waals surface area contributed by atoms with Crippen LogP contribution in [0.15, 0.2) is 33.9 Å². The molecule has 0 aliphatic rings. The molecule has 19 heavy (non-hydrogen) atoms. The van der Waals surface area contributed by atoms with E-state index in [4.69, 9.17) is 4.42 Å². The zero-order valence-corrected chi connectivity index (χ0v) is 12.0.